The molecule has 2 aliphatic rings. The molecule has 2 nitrogen and oxygen atoms in total. The summed E-state index contributed by atoms with van der Waals surface area (Å²) in [5, 5.41) is 8.63. The zero-order valence-electron chi connectivity index (χ0n) is 16.0. The molecule has 4 atom stereocenters. The van der Waals surface area contributed by atoms with Crippen molar-refractivity contribution in [1.82, 2.24) is 0 Å². The molecule has 0 spiro atoms. The van der Waals surface area contributed by atoms with Crippen molar-refractivity contribution < 1.29 is 9.90 Å². The van der Waals surface area contributed by atoms with Gasteiger partial charge in [-0.1, -0.05) is 64.7 Å². The van der Waals surface area contributed by atoms with Crippen molar-refractivity contribution in [2.75, 3.05) is 0 Å². The first-order valence-electron chi connectivity index (χ1n) is 10.9. The lowest BCUT2D eigenvalue weighted by Gasteiger charge is -2.45. The van der Waals surface area contributed by atoms with E-state index >= 15 is 0 Å². The summed E-state index contributed by atoms with van der Waals surface area (Å²) in [5.74, 6) is 3.59. The lowest BCUT2D eigenvalue weighted by atomic mass is 9.61. The van der Waals surface area contributed by atoms with E-state index in [1.54, 1.807) is 6.42 Å². The molecule has 0 heterocycles. The van der Waals surface area contributed by atoms with Gasteiger partial charge in [-0.3, -0.25) is 4.79 Å². The van der Waals surface area contributed by atoms with E-state index in [1.807, 2.05) is 0 Å². The molecule has 2 rings (SSSR count). The van der Waals surface area contributed by atoms with Gasteiger partial charge in [-0.2, -0.15) is 0 Å². The van der Waals surface area contributed by atoms with Crippen LogP contribution < -0.4 is 0 Å². The fourth-order valence-electron chi connectivity index (χ4n) is 4.92. The summed E-state index contributed by atoms with van der Waals surface area (Å²) in [7, 11) is 0. The Hall–Kier alpha value is -0.530. The Balaban J connectivity index is 1.48. The molecule has 0 aromatic carbocycles. The third kappa shape index (κ3) is 6.76. The monoisotopic (exact) mass is 336 g/mol. The average molecular weight is 337 g/mol. The van der Waals surface area contributed by atoms with Crippen LogP contribution in [0.2, 0.25) is 0 Å². The van der Waals surface area contributed by atoms with Crippen LogP contribution in [0.5, 0.6) is 0 Å². The molecular formula is C22H40O2. The summed E-state index contributed by atoms with van der Waals surface area (Å²) in [6.45, 7) is 2.31. The van der Waals surface area contributed by atoms with Gasteiger partial charge in [0.2, 0.25) is 0 Å². The van der Waals surface area contributed by atoms with Gasteiger partial charge in [0.15, 0.2) is 0 Å². The molecule has 0 bridgehead atoms. The Morgan fingerprint density at radius 1 is 0.750 bits per heavy atom. The Morgan fingerprint density at radius 3 is 1.75 bits per heavy atom. The van der Waals surface area contributed by atoms with Crippen LogP contribution in [0.1, 0.15) is 110 Å². The van der Waals surface area contributed by atoms with Gasteiger partial charge in [0.25, 0.3) is 0 Å². The Morgan fingerprint density at radius 2 is 1.25 bits per heavy atom. The third-order valence-corrected chi connectivity index (χ3v) is 6.90. The number of unbranched alkanes of at least 4 members (excludes halogenated alkanes) is 6. The van der Waals surface area contributed by atoms with Gasteiger partial charge in [-0.05, 0) is 62.2 Å². The van der Waals surface area contributed by atoms with Crippen LogP contribution in [-0.4, -0.2) is 11.1 Å². The molecular weight excluding hydrogens is 296 g/mol. The number of hydrogen-bond acceptors (Lipinski definition) is 1. The van der Waals surface area contributed by atoms with Crippen LogP contribution in [0.4, 0.5) is 0 Å². The third-order valence-electron chi connectivity index (χ3n) is 6.90. The number of hydrogen-bond donors (Lipinski definition) is 1. The molecule has 3 unspecified atom stereocenters. The highest BCUT2D eigenvalue weighted by atomic mass is 16.4. The predicted octanol–water partition coefficient (Wildman–Crippen LogP) is 6.82. The zero-order valence-corrected chi connectivity index (χ0v) is 16.0. The smallest absolute Gasteiger partial charge is 0.303 e. The van der Waals surface area contributed by atoms with E-state index in [9.17, 15) is 4.79 Å². The van der Waals surface area contributed by atoms with E-state index in [2.05, 4.69) is 6.92 Å². The van der Waals surface area contributed by atoms with E-state index in [0.29, 0.717) is 6.42 Å². The lowest BCUT2D eigenvalue weighted by molar-refractivity contribution is -0.137. The summed E-state index contributed by atoms with van der Waals surface area (Å²) in [4.78, 5) is 10.5. The van der Waals surface area contributed by atoms with E-state index in [1.165, 1.54) is 77.0 Å². The molecule has 0 amide bonds. The molecule has 0 aromatic heterocycles. The molecule has 1 N–H and O–H groups in total. The number of carbonyl (C=O) groups is 1. The van der Waals surface area contributed by atoms with Gasteiger partial charge in [0.05, 0.1) is 0 Å². The maximum atomic E-state index is 10.5. The van der Waals surface area contributed by atoms with Gasteiger partial charge in [0, 0.05) is 6.42 Å². The topological polar surface area (TPSA) is 37.3 Å². The number of carboxylic acids is 1. The molecule has 140 valence electrons. The summed E-state index contributed by atoms with van der Waals surface area (Å²) < 4.78 is 0. The maximum absolute atomic E-state index is 10.5. The second-order valence-electron chi connectivity index (χ2n) is 8.63. The molecule has 0 aromatic rings. The van der Waals surface area contributed by atoms with Crippen molar-refractivity contribution in [1.29, 1.82) is 0 Å². The summed E-state index contributed by atoms with van der Waals surface area (Å²) in [5.41, 5.74) is 0. The molecule has 2 fully saturated rings. The normalized spacial score (nSPS) is 29.0. The van der Waals surface area contributed by atoms with Crippen molar-refractivity contribution in [3.05, 3.63) is 0 Å². The maximum Gasteiger partial charge on any atom is 0.303 e. The molecule has 24 heavy (non-hydrogen) atoms. The van der Waals surface area contributed by atoms with Crippen LogP contribution >= 0.6 is 0 Å². The van der Waals surface area contributed by atoms with E-state index in [4.69, 9.17) is 5.11 Å². The van der Waals surface area contributed by atoms with Gasteiger partial charge >= 0.3 is 5.97 Å². The quantitative estimate of drug-likeness (QED) is 0.353. The van der Waals surface area contributed by atoms with Crippen molar-refractivity contribution >= 4 is 5.97 Å². The molecule has 0 saturated heterocycles. The summed E-state index contributed by atoms with van der Waals surface area (Å²) in [6, 6.07) is 0. The first kappa shape index (κ1) is 19.8. The average Bonchev–Trinajstić information content (AvgIpc) is 2.51. The van der Waals surface area contributed by atoms with E-state index in [0.717, 1.165) is 36.5 Å². The summed E-state index contributed by atoms with van der Waals surface area (Å²) in [6.07, 6.45) is 21.0. The Kier molecular flexibility index (Phi) is 9.20. The van der Waals surface area contributed by atoms with E-state index in [-0.39, 0.29) is 0 Å². The predicted molar refractivity (Wildman–Crippen MR) is 101 cm³/mol. The number of carboxylic acid groups (broad SMARTS) is 1. The first-order chi connectivity index (χ1) is 11.7. The lowest BCUT2D eigenvalue weighted by Crippen LogP contribution is -2.34. The van der Waals surface area contributed by atoms with Crippen molar-refractivity contribution in [3.63, 3.8) is 0 Å². The fourth-order valence-corrected chi connectivity index (χ4v) is 4.92. The molecule has 2 aliphatic carbocycles. The van der Waals surface area contributed by atoms with Crippen LogP contribution in [0.3, 0.4) is 0 Å². The number of aliphatic carboxylic acids is 1. The molecule has 0 radical (unpaired) electrons. The second kappa shape index (κ2) is 11.2. The Bertz CT molecular complexity index is 352. The first-order valence-corrected chi connectivity index (χ1v) is 10.9. The summed E-state index contributed by atoms with van der Waals surface area (Å²) >= 11 is 0. The highest BCUT2D eigenvalue weighted by molar-refractivity contribution is 5.66. The molecule has 2 saturated carbocycles. The minimum absolute atomic E-state index is 0.353. The Labute approximate surface area is 149 Å². The standard InChI is InChI=1S/C22H40O2/c1-2-3-7-10-18-13-15-20(18)17-21-16-14-19(21)11-8-5-4-6-9-12-22(23)24/h18-21H,2-17H2,1H3,(H,23,24)/t18?,19?,20-,21?/m1/s1. The minimum Gasteiger partial charge on any atom is -0.481 e. The number of rotatable bonds is 14. The van der Waals surface area contributed by atoms with Gasteiger partial charge in [-0.15, -0.1) is 0 Å². The zero-order chi connectivity index (χ0) is 17.2. The molecule has 0 aliphatic heterocycles. The molecule has 2 heteroatoms. The van der Waals surface area contributed by atoms with Crippen LogP contribution in [0, 0.1) is 23.7 Å². The van der Waals surface area contributed by atoms with Crippen LogP contribution in [0.25, 0.3) is 0 Å². The minimum atomic E-state index is -0.642. The highest BCUT2D eigenvalue weighted by Crippen LogP contribution is 2.48. The van der Waals surface area contributed by atoms with Crippen molar-refractivity contribution in [3.8, 4) is 0 Å². The van der Waals surface area contributed by atoms with E-state index < -0.39 is 5.97 Å². The second-order valence-corrected chi connectivity index (χ2v) is 8.63. The SMILES string of the molecule is CCCCCC1CC[C@@H]1CC1CCC1CCCCCCCC(=O)O. The fraction of sp³-hybridized carbons (Fsp3) is 0.955. The van der Waals surface area contributed by atoms with Crippen molar-refractivity contribution in [2.24, 2.45) is 23.7 Å². The van der Waals surface area contributed by atoms with Gasteiger partial charge < -0.3 is 5.11 Å². The largest absolute Gasteiger partial charge is 0.481 e. The van der Waals surface area contributed by atoms with Gasteiger partial charge in [-0.25, -0.2) is 0 Å². The highest BCUT2D eigenvalue weighted by Gasteiger charge is 2.37. The van der Waals surface area contributed by atoms with Gasteiger partial charge in [0.1, 0.15) is 0 Å². The van der Waals surface area contributed by atoms with Crippen LogP contribution in [0.15, 0.2) is 0 Å². The van der Waals surface area contributed by atoms with Crippen molar-refractivity contribution in [2.45, 2.75) is 110 Å². The van der Waals surface area contributed by atoms with Crippen LogP contribution in [-0.2, 0) is 4.79 Å².